The number of aryl methyl sites for hydroxylation is 1. The molecule has 1 aliphatic rings. The maximum atomic E-state index is 4.32. The first-order valence-electron chi connectivity index (χ1n) is 3.79. The highest BCUT2D eigenvalue weighted by Gasteiger charge is 1.99. The van der Waals surface area contributed by atoms with Crippen molar-refractivity contribution in [3.05, 3.63) is 35.3 Å². The van der Waals surface area contributed by atoms with Crippen LogP contribution in [0.2, 0.25) is 0 Å². The molecule has 58 valence electrons. The Morgan fingerprint density at radius 3 is 3.17 bits per heavy atom. The van der Waals surface area contributed by atoms with Gasteiger partial charge in [-0.2, -0.15) is 0 Å². The van der Waals surface area contributed by atoms with Gasteiger partial charge in [0, 0.05) is 18.0 Å². The summed E-state index contributed by atoms with van der Waals surface area (Å²) in [7, 11) is 0. The molecule has 0 saturated carbocycles. The van der Waals surface area contributed by atoms with Crippen LogP contribution in [0.25, 0.3) is 6.08 Å². The first-order valence-corrected chi connectivity index (χ1v) is 3.79. The van der Waals surface area contributed by atoms with Crippen molar-refractivity contribution in [1.82, 2.24) is 4.98 Å². The molecule has 0 radical (unpaired) electrons. The first kappa shape index (κ1) is 7.01. The number of aromatic nitrogens is 1. The van der Waals surface area contributed by atoms with Crippen molar-refractivity contribution in [3.8, 4) is 0 Å². The van der Waals surface area contributed by atoms with Crippen LogP contribution in [-0.2, 0) is 0 Å². The average molecular weight is 156 g/mol. The van der Waals surface area contributed by atoms with E-state index in [2.05, 4.69) is 15.7 Å². The van der Waals surface area contributed by atoms with Gasteiger partial charge in [0.15, 0.2) is 0 Å². The Morgan fingerprint density at radius 2 is 2.25 bits per heavy atom. The Hall–Kier alpha value is -1.66. The number of nitrogens with zero attached hydrogens (tertiary/aromatic N) is 2. The third-order valence-electron chi connectivity index (χ3n) is 1.65. The van der Waals surface area contributed by atoms with Crippen LogP contribution in [0.15, 0.2) is 28.9 Å². The van der Waals surface area contributed by atoms with Crippen LogP contribution < -0.4 is 0 Å². The molecule has 2 heterocycles. The largest absolute Gasteiger partial charge is 0.254 e. The quantitative estimate of drug-likeness (QED) is 0.529. The van der Waals surface area contributed by atoms with Gasteiger partial charge in [-0.15, -0.1) is 5.73 Å². The molecule has 0 spiro atoms. The van der Waals surface area contributed by atoms with Crippen LogP contribution in [0.3, 0.4) is 0 Å². The van der Waals surface area contributed by atoms with Crippen LogP contribution in [0.4, 0.5) is 5.69 Å². The van der Waals surface area contributed by atoms with Gasteiger partial charge in [-0.3, -0.25) is 9.98 Å². The van der Waals surface area contributed by atoms with Crippen molar-refractivity contribution in [3.63, 3.8) is 0 Å². The molecule has 0 aromatic carbocycles. The fourth-order valence-electron chi connectivity index (χ4n) is 1.07. The summed E-state index contributed by atoms with van der Waals surface area (Å²) in [5, 5.41) is 0. The van der Waals surface area contributed by atoms with E-state index >= 15 is 0 Å². The fraction of sp³-hybridized carbons (Fsp3) is 0.100. The number of allylic oxidation sites excluding steroid dienone is 1. The Morgan fingerprint density at radius 1 is 1.33 bits per heavy atom. The summed E-state index contributed by atoms with van der Waals surface area (Å²) in [6.45, 7) is 1.96. The molecule has 0 bridgehead atoms. The molecule has 2 heteroatoms. The first-order chi connectivity index (χ1) is 5.86. The smallest absolute Gasteiger partial charge is 0.0966 e. The third kappa shape index (κ3) is 1.20. The third-order valence-corrected chi connectivity index (χ3v) is 1.65. The summed E-state index contributed by atoms with van der Waals surface area (Å²) in [6.07, 6.45) is 5.34. The Bertz CT molecular complexity index is 396. The van der Waals surface area contributed by atoms with Crippen LogP contribution in [0.5, 0.6) is 0 Å². The number of hydrogen-bond acceptors (Lipinski definition) is 2. The molecule has 1 aromatic heterocycles. The Balaban J connectivity index is 2.66. The van der Waals surface area contributed by atoms with Gasteiger partial charge in [0.05, 0.1) is 11.4 Å². The lowest BCUT2D eigenvalue weighted by atomic mass is 10.2. The number of pyridine rings is 1. The van der Waals surface area contributed by atoms with Gasteiger partial charge in [0.1, 0.15) is 0 Å². The van der Waals surface area contributed by atoms with Crippen molar-refractivity contribution in [2.75, 3.05) is 0 Å². The van der Waals surface area contributed by atoms with Crippen molar-refractivity contribution in [2.24, 2.45) is 4.99 Å². The van der Waals surface area contributed by atoms with Crippen molar-refractivity contribution >= 4 is 18.0 Å². The number of rotatable bonds is 0. The number of fused-ring (bicyclic) bond motifs is 1. The fourth-order valence-corrected chi connectivity index (χ4v) is 1.07. The molecule has 0 atom stereocenters. The topological polar surface area (TPSA) is 25.2 Å². The lowest BCUT2D eigenvalue weighted by Gasteiger charge is -1.98. The zero-order chi connectivity index (χ0) is 8.39. The van der Waals surface area contributed by atoms with Crippen LogP contribution in [0.1, 0.15) is 11.4 Å². The molecule has 0 fully saturated rings. The summed E-state index contributed by atoms with van der Waals surface area (Å²) < 4.78 is 0. The molecule has 1 aliphatic heterocycles. The van der Waals surface area contributed by atoms with Crippen LogP contribution in [-0.4, -0.2) is 11.2 Å². The second-order valence-electron chi connectivity index (χ2n) is 2.61. The van der Waals surface area contributed by atoms with Gasteiger partial charge < -0.3 is 0 Å². The summed E-state index contributed by atoms with van der Waals surface area (Å²) in [6, 6.07) is 3.92. The van der Waals surface area contributed by atoms with E-state index < -0.39 is 0 Å². The van der Waals surface area contributed by atoms with Gasteiger partial charge in [0.2, 0.25) is 0 Å². The van der Waals surface area contributed by atoms with Gasteiger partial charge in [-0.25, -0.2) is 0 Å². The highest BCUT2D eigenvalue weighted by atomic mass is 14.8. The van der Waals surface area contributed by atoms with E-state index in [0.717, 1.165) is 17.1 Å². The van der Waals surface area contributed by atoms with Crippen LogP contribution in [0, 0.1) is 6.92 Å². The Kier molecular flexibility index (Phi) is 1.61. The molecule has 2 nitrogen and oxygen atoms in total. The minimum Gasteiger partial charge on any atom is -0.254 e. The van der Waals surface area contributed by atoms with Crippen molar-refractivity contribution in [2.45, 2.75) is 6.92 Å². The van der Waals surface area contributed by atoms with Gasteiger partial charge in [-0.05, 0) is 25.1 Å². The molecule has 0 saturated heterocycles. The van der Waals surface area contributed by atoms with E-state index in [1.807, 2.05) is 25.1 Å². The second-order valence-corrected chi connectivity index (χ2v) is 2.61. The number of hydrogen-bond donors (Lipinski definition) is 0. The van der Waals surface area contributed by atoms with Crippen molar-refractivity contribution < 1.29 is 0 Å². The maximum Gasteiger partial charge on any atom is 0.0966 e. The van der Waals surface area contributed by atoms with E-state index in [9.17, 15) is 0 Å². The predicted molar refractivity (Wildman–Crippen MR) is 49.7 cm³/mol. The summed E-state index contributed by atoms with van der Waals surface area (Å²) in [5.41, 5.74) is 5.77. The van der Waals surface area contributed by atoms with E-state index in [1.54, 1.807) is 12.3 Å². The van der Waals surface area contributed by atoms with E-state index in [-0.39, 0.29) is 0 Å². The monoisotopic (exact) mass is 156 g/mol. The lowest BCUT2D eigenvalue weighted by molar-refractivity contribution is 1.17. The van der Waals surface area contributed by atoms with Gasteiger partial charge >= 0.3 is 0 Å². The highest BCUT2D eigenvalue weighted by Crippen LogP contribution is 2.19. The normalized spacial score (nSPS) is 12.8. The van der Waals surface area contributed by atoms with Gasteiger partial charge in [-0.1, -0.05) is 0 Å². The number of aliphatic imine (C=N–C) groups is 1. The SMILES string of the molecule is Cc1ccc2c(n1)C=C=CC=N2. The minimum atomic E-state index is 0.889. The molecule has 0 unspecified atom stereocenters. The molecule has 12 heavy (non-hydrogen) atoms. The molecule has 2 rings (SSSR count). The molecular weight excluding hydrogens is 148 g/mol. The van der Waals surface area contributed by atoms with Crippen molar-refractivity contribution in [1.29, 1.82) is 0 Å². The molecule has 0 amide bonds. The molecule has 0 aliphatic carbocycles. The van der Waals surface area contributed by atoms with Crippen LogP contribution >= 0.6 is 0 Å². The predicted octanol–water partition coefficient (Wildman–Crippen LogP) is 2.27. The summed E-state index contributed by atoms with van der Waals surface area (Å²) >= 11 is 0. The standard InChI is InChI=1S/C10H8N2/c1-8-5-6-9-10(12-8)4-2-3-7-11-9/h3-7H,1H3. The summed E-state index contributed by atoms with van der Waals surface area (Å²) in [4.78, 5) is 8.51. The second kappa shape index (κ2) is 2.76. The van der Waals surface area contributed by atoms with E-state index in [0.29, 0.717) is 0 Å². The summed E-state index contributed by atoms with van der Waals surface area (Å²) in [5.74, 6) is 0. The molecule has 0 N–H and O–H groups in total. The van der Waals surface area contributed by atoms with E-state index in [4.69, 9.17) is 0 Å². The molecular formula is C10H8N2. The maximum absolute atomic E-state index is 4.32. The van der Waals surface area contributed by atoms with Gasteiger partial charge in [0.25, 0.3) is 0 Å². The Labute approximate surface area is 71.0 Å². The average Bonchev–Trinajstić information content (AvgIpc) is 2.28. The zero-order valence-electron chi connectivity index (χ0n) is 6.78. The molecule has 1 aromatic rings. The minimum absolute atomic E-state index is 0.889. The lowest BCUT2D eigenvalue weighted by Crippen LogP contribution is -1.84. The highest BCUT2D eigenvalue weighted by molar-refractivity contribution is 5.79. The van der Waals surface area contributed by atoms with E-state index in [1.165, 1.54) is 0 Å². The zero-order valence-corrected chi connectivity index (χ0v) is 6.78.